The Hall–Kier alpha value is -1.82. The fraction of sp³-hybridized carbons (Fsp3) is 0.714. The van der Waals surface area contributed by atoms with E-state index in [1.807, 2.05) is 45.6 Å². The van der Waals surface area contributed by atoms with Crippen LogP contribution in [0.1, 0.15) is 75.3 Å². The van der Waals surface area contributed by atoms with E-state index in [1.54, 1.807) is 0 Å². The van der Waals surface area contributed by atoms with Gasteiger partial charge in [-0.05, 0) is 46.2 Å². The van der Waals surface area contributed by atoms with Crippen molar-refractivity contribution in [2.45, 2.75) is 72.4 Å². The third kappa shape index (κ3) is 4.92. The first-order valence-electron chi connectivity index (χ1n) is 10.3. The van der Waals surface area contributed by atoms with E-state index in [0.717, 1.165) is 31.8 Å². The number of likely N-dealkylation sites (tertiary alicyclic amines) is 1. The Balaban J connectivity index is 2.08. The van der Waals surface area contributed by atoms with Crippen LogP contribution < -0.4 is 5.32 Å². The van der Waals surface area contributed by atoms with Crippen LogP contribution in [0.15, 0.2) is 10.5 Å². The maximum Gasteiger partial charge on any atom is 0.255 e. The molecule has 2 rings (SSSR count). The largest absolute Gasteiger partial charge is 0.465 e. The van der Waals surface area contributed by atoms with E-state index in [1.165, 1.54) is 0 Å². The molecule has 0 bridgehead atoms. The van der Waals surface area contributed by atoms with Gasteiger partial charge in [-0.25, -0.2) is 0 Å². The summed E-state index contributed by atoms with van der Waals surface area (Å²) < 4.78 is 5.71. The van der Waals surface area contributed by atoms with Crippen LogP contribution in [0.4, 0.5) is 0 Å². The van der Waals surface area contributed by atoms with E-state index in [0.29, 0.717) is 24.3 Å². The molecule has 1 N–H and O–H groups in total. The van der Waals surface area contributed by atoms with Crippen LogP contribution in [-0.4, -0.2) is 59.9 Å². The summed E-state index contributed by atoms with van der Waals surface area (Å²) in [6.45, 7) is 15.1. The molecule has 0 unspecified atom stereocenters. The molecule has 0 aromatic carbocycles. The minimum atomic E-state index is -0.146. The van der Waals surface area contributed by atoms with E-state index in [2.05, 4.69) is 17.1 Å². The number of aryl methyl sites for hydroxylation is 1. The summed E-state index contributed by atoms with van der Waals surface area (Å²) in [7, 11) is 0. The average molecular weight is 378 g/mol. The number of rotatable bonds is 8. The SMILES string of the molecule is CCCN1C[C@H](NC(=O)c2cc(C(C)C)oc2C)C[C@H]1C(=O)N(CC)CC. The molecular formula is C21H35N3O3. The fourth-order valence-electron chi connectivity index (χ4n) is 3.82. The van der Waals surface area contributed by atoms with Gasteiger partial charge in [-0.3, -0.25) is 14.5 Å². The predicted octanol–water partition coefficient (Wildman–Crippen LogP) is 3.16. The number of nitrogens with zero attached hydrogens (tertiary/aromatic N) is 2. The Labute approximate surface area is 163 Å². The highest BCUT2D eigenvalue weighted by Crippen LogP contribution is 2.24. The van der Waals surface area contributed by atoms with Crippen molar-refractivity contribution in [3.8, 4) is 0 Å². The lowest BCUT2D eigenvalue weighted by Gasteiger charge is -2.28. The maximum atomic E-state index is 12.9. The third-order valence-corrected chi connectivity index (χ3v) is 5.36. The van der Waals surface area contributed by atoms with E-state index in [4.69, 9.17) is 4.42 Å². The lowest BCUT2D eigenvalue weighted by atomic mass is 10.1. The molecule has 1 aliphatic rings. The number of hydrogen-bond donors (Lipinski definition) is 1. The van der Waals surface area contributed by atoms with Gasteiger partial charge in [-0.1, -0.05) is 20.8 Å². The zero-order chi connectivity index (χ0) is 20.1. The van der Waals surface area contributed by atoms with Gasteiger partial charge in [0.25, 0.3) is 5.91 Å². The summed E-state index contributed by atoms with van der Waals surface area (Å²) in [5.41, 5.74) is 0.597. The van der Waals surface area contributed by atoms with Crippen molar-refractivity contribution >= 4 is 11.8 Å². The van der Waals surface area contributed by atoms with E-state index in [9.17, 15) is 9.59 Å². The molecule has 27 heavy (non-hydrogen) atoms. The second-order valence-electron chi connectivity index (χ2n) is 7.70. The maximum absolute atomic E-state index is 12.9. The van der Waals surface area contributed by atoms with Gasteiger partial charge in [0.15, 0.2) is 0 Å². The molecule has 6 nitrogen and oxygen atoms in total. The van der Waals surface area contributed by atoms with Gasteiger partial charge in [-0.2, -0.15) is 0 Å². The predicted molar refractivity (Wildman–Crippen MR) is 107 cm³/mol. The summed E-state index contributed by atoms with van der Waals surface area (Å²) >= 11 is 0. The number of nitrogens with one attached hydrogen (secondary N) is 1. The van der Waals surface area contributed by atoms with Crippen molar-refractivity contribution < 1.29 is 14.0 Å². The van der Waals surface area contributed by atoms with Gasteiger partial charge in [0.1, 0.15) is 11.5 Å². The molecule has 1 saturated heterocycles. The highest BCUT2D eigenvalue weighted by molar-refractivity contribution is 5.95. The first-order chi connectivity index (χ1) is 12.8. The molecule has 152 valence electrons. The second-order valence-corrected chi connectivity index (χ2v) is 7.70. The van der Waals surface area contributed by atoms with Gasteiger partial charge < -0.3 is 14.6 Å². The smallest absolute Gasteiger partial charge is 0.255 e. The molecule has 0 aliphatic carbocycles. The minimum absolute atomic E-state index is 0.0228. The highest BCUT2D eigenvalue weighted by Gasteiger charge is 2.38. The van der Waals surface area contributed by atoms with Crippen molar-refractivity contribution in [1.82, 2.24) is 15.1 Å². The molecule has 1 aromatic rings. The second kappa shape index (κ2) is 9.40. The Kier molecular flexibility index (Phi) is 7.48. The molecule has 2 heterocycles. The Bertz CT molecular complexity index is 649. The number of hydrogen-bond acceptors (Lipinski definition) is 4. The van der Waals surface area contributed by atoms with Crippen LogP contribution in [0.3, 0.4) is 0 Å². The highest BCUT2D eigenvalue weighted by atomic mass is 16.3. The van der Waals surface area contributed by atoms with Gasteiger partial charge in [0.2, 0.25) is 5.91 Å². The fourth-order valence-corrected chi connectivity index (χ4v) is 3.82. The monoisotopic (exact) mass is 377 g/mol. The molecule has 2 atom stereocenters. The van der Waals surface area contributed by atoms with Gasteiger partial charge >= 0.3 is 0 Å². The number of amides is 2. The zero-order valence-electron chi connectivity index (χ0n) is 17.7. The molecule has 2 amide bonds. The van der Waals surface area contributed by atoms with Crippen molar-refractivity contribution in [2.24, 2.45) is 0 Å². The van der Waals surface area contributed by atoms with Gasteiger partial charge in [0.05, 0.1) is 11.6 Å². The lowest BCUT2D eigenvalue weighted by Crippen LogP contribution is -2.45. The molecular weight excluding hydrogens is 342 g/mol. The third-order valence-electron chi connectivity index (χ3n) is 5.36. The topological polar surface area (TPSA) is 65.8 Å². The number of carbonyl (C=O) groups excluding carboxylic acids is 2. The number of likely N-dealkylation sites (N-methyl/N-ethyl adjacent to an activating group) is 1. The standard InChI is InChI=1S/C21H35N3O3/c1-7-10-24-13-16(11-18(24)21(26)23(8-2)9-3)22-20(25)17-12-19(14(4)5)27-15(17)6/h12,14,16,18H,7-11,13H2,1-6H3,(H,22,25)/t16-,18+/m1/s1. The Morgan fingerprint density at radius 2 is 1.96 bits per heavy atom. The van der Waals surface area contributed by atoms with Crippen LogP contribution in [-0.2, 0) is 4.79 Å². The average Bonchev–Trinajstić information content (AvgIpc) is 3.20. The van der Waals surface area contributed by atoms with Crippen LogP contribution in [0.25, 0.3) is 0 Å². The van der Waals surface area contributed by atoms with Crippen molar-refractivity contribution in [3.63, 3.8) is 0 Å². The molecule has 1 aliphatic heterocycles. The van der Waals surface area contributed by atoms with Gasteiger partial charge in [0, 0.05) is 31.6 Å². The molecule has 1 aromatic heterocycles. The van der Waals surface area contributed by atoms with Crippen molar-refractivity contribution in [3.05, 3.63) is 23.2 Å². The summed E-state index contributed by atoms with van der Waals surface area (Å²) in [5.74, 6) is 1.78. The van der Waals surface area contributed by atoms with Crippen LogP contribution in [0, 0.1) is 6.92 Å². The summed E-state index contributed by atoms with van der Waals surface area (Å²) in [4.78, 5) is 29.7. The number of furan rings is 1. The molecule has 1 fully saturated rings. The molecule has 6 heteroatoms. The summed E-state index contributed by atoms with van der Waals surface area (Å²) in [6.07, 6.45) is 1.65. The van der Waals surface area contributed by atoms with E-state index < -0.39 is 0 Å². The number of carbonyl (C=O) groups is 2. The van der Waals surface area contributed by atoms with E-state index in [-0.39, 0.29) is 29.8 Å². The minimum Gasteiger partial charge on any atom is -0.465 e. The quantitative estimate of drug-likeness (QED) is 0.756. The van der Waals surface area contributed by atoms with Crippen LogP contribution >= 0.6 is 0 Å². The van der Waals surface area contributed by atoms with Crippen molar-refractivity contribution in [2.75, 3.05) is 26.2 Å². The Morgan fingerprint density at radius 1 is 1.30 bits per heavy atom. The van der Waals surface area contributed by atoms with Crippen LogP contribution in [0.5, 0.6) is 0 Å². The summed E-state index contributed by atoms with van der Waals surface area (Å²) in [5, 5.41) is 3.13. The normalized spacial score (nSPS) is 20.3. The van der Waals surface area contributed by atoms with E-state index >= 15 is 0 Å². The van der Waals surface area contributed by atoms with Gasteiger partial charge in [-0.15, -0.1) is 0 Å². The first-order valence-corrected chi connectivity index (χ1v) is 10.3. The Morgan fingerprint density at radius 3 is 2.48 bits per heavy atom. The van der Waals surface area contributed by atoms with Crippen molar-refractivity contribution in [1.29, 1.82) is 0 Å². The molecule has 0 radical (unpaired) electrons. The summed E-state index contributed by atoms with van der Waals surface area (Å²) in [6, 6.07) is 1.67. The lowest BCUT2D eigenvalue weighted by molar-refractivity contribution is -0.135. The zero-order valence-corrected chi connectivity index (χ0v) is 17.7. The first kappa shape index (κ1) is 21.5. The molecule has 0 saturated carbocycles. The van der Waals surface area contributed by atoms with Crippen LogP contribution in [0.2, 0.25) is 0 Å². The molecule has 0 spiro atoms.